The van der Waals surface area contributed by atoms with Crippen LogP contribution in [0.25, 0.3) is 0 Å². The van der Waals surface area contributed by atoms with Gasteiger partial charge in [-0.3, -0.25) is 19.2 Å². The molecule has 0 aromatic heterocycles. The molecule has 0 saturated carbocycles. The van der Waals surface area contributed by atoms with Crippen molar-refractivity contribution in [3.05, 3.63) is 0 Å². The van der Waals surface area contributed by atoms with Crippen molar-refractivity contribution in [2.45, 2.75) is 84.6 Å². The topological polar surface area (TPSA) is 167 Å². The Morgan fingerprint density at radius 3 is 1.92 bits per heavy atom. The molecule has 0 bridgehead atoms. The maximum atomic E-state index is 13.1. The highest BCUT2D eigenvalue weighted by Crippen LogP contribution is 2.26. The Kier molecular flexibility index (Phi) is 13.5. The van der Waals surface area contributed by atoms with E-state index in [1.165, 1.54) is 4.90 Å². The largest absolute Gasteiger partial charge is 0.460 e. The summed E-state index contributed by atoms with van der Waals surface area (Å²) in [5, 5.41) is 12.6. The molecule has 1 heterocycles. The molecule has 1 aliphatic heterocycles. The minimum absolute atomic E-state index is 0.00716. The zero-order valence-electron chi connectivity index (χ0n) is 23.0. The van der Waals surface area contributed by atoms with Gasteiger partial charge < -0.3 is 40.0 Å². The standard InChI is InChI=1S/C25H45N3O9/c1-24(2,3)21(23(33)28-16-17(29)15-18(28)22(26)32)27-19(30)7-9-34-11-13-36-14-12-35-10-8-20(31)37-25(4,5)6/h17-18,21,29H,7-16H2,1-6H3,(H2,26,32)(H,27,30)/t17-,18+,21-/m1/s1. The first kappa shape index (κ1) is 32.7. The molecule has 3 atom stereocenters. The Morgan fingerprint density at radius 1 is 0.919 bits per heavy atom. The molecule has 3 amide bonds. The Hall–Kier alpha value is -2.28. The van der Waals surface area contributed by atoms with Crippen LogP contribution >= 0.6 is 0 Å². The first-order valence-electron chi connectivity index (χ1n) is 12.6. The molecule has 0 radical (unpaired) electrons. The van der Waals surface area contributed by atoms with Gasteiger partial charge in [0.1, 0.15) is 17.7 Å². The molecule has 0 aliphatic carbocycles. The number of rotatable bonds is 15. The number of hydrogen-bond donors (Lipinski definition) is 3. The summed E-state index contributed by atoms with van der Waals surface area (Å²) in [6, 6.07) is -1.80. The lowest BCUT2D eigenvalue weighted by Crippen LogP contribution is -2.57. The van der Waals surface area contributed by atoms with Crippen molar-refractivity contribution in [3.8, 4) is 0 Å². The first-order valence-corrected chi connectivity index (χ1v) is 12.6. The molecule has 1 fully saturated rings. The van der Waals surface area contributed by atoms with E-state index >= 15 is 0 Å². The van der Waals surface area contributed by atoms with Gasteiger partial charge in [0, 0.05) is 19.4 Å². The summed E-state index contributed by atoms with van der Waals surface area (Å²) in [5.74, 6) is -1.83. The number of carbonyl (C=O) groups excluding carboxylic acids is 4. The molecular formula is C25H45N3O9. The minimum atomic E-state index is -0.900. The molecule has 12 heteroatoms. The third-order valence-corrected chi connectivity index (χ3v) is 5.40. The van der Waals surface area contributed by atoms with E-state index < -0.39 is 41.0 Å². The fourth-order valence-corrected chi connectivity index (χ4v) is 3.63. The third kappa shape index (κ3) is 13.2. The van der Waals surface area contributed by atoms with Crippen LogP contribution in [-0.4, -0.2) is 104 Å². The van der Waals surface area contributed by atoms with Crippen molar-refractivity contribution >= 4 is 23.7 Å². The maximum absolute atomic E-state index is 13.1. The van der Waals surface area contributed by atoms with Gasteiger partial charge in [-0.2, -0.15) is 0 Å². The van der Waals surface area contributed by atoms with E-state index in [2.05, 4.69) is 5.32 Å². The van der Waals surface area contributed by atoms with Crippen LogP contribution in [0, 0.1) is 5.41 Å². The number of hydrogen-bond acceptors (Lipinski definition) is 9. The average Bonchev–Trinajstić information content (AvgIpc) is 3.15. The molecule has 12 nitrogen and oxygen atoms in total. The summed E-state index contributed by atoms with van der Waals surface area (Å²) in [7, 11) is 0. The van der Waals surface area contributed by atoms with E-state index in [1.54, 1.807) is 20.8 Å². The quantitative estimate of drug-likeness (QED) is 0.197. The highest BCUT2D eigenvalue weighted by Gasteiger charge is 2.43. The van der Waals surface area contributed by atoms with Crippen LogP contribution in [0.1, 0.15) is 60.8 Å². The Bertz CT molecular complexity index is 761. The SMILES string of the molecule is CC(C)(C)OC(=O)CCOCCOCCOCCC(=O)N[C@H](C(=O)N1C[C@H](O)C[C@H]1C(N)=O)C(C)(C)C. The molecule has 0 unspecified atom stereocenters. The second-order valence-corrected chi connectivity index (χ2v) is 11.1. The number of ether oxygens (including phenoxy) is 4. The van der Waals surface area contributed by atoms with Crippen LogP contribution in [0.15, 0.2) is 0 Å². The summed E-state index contributed by atoms with van der Waals surface area (Å²) >= 11 is 0. The van der Waals surface area contributed by atoms with E-state index in [9.17, 15) is 24.3 Å². The predicted octanol–water partition coefficient (Wildman–Crippen LogP) is 0.136. The second kappa shape index (κ2) is 15.2. The molecule has 0 spiro atoms. The zero-order chi connectivity index (χ0) is 28.2. The van der Waals surface area contributed by atoms with Crippen LogP contribution in [0.2, 0.25) is 0 Å². The maximum Gasteiger partial charge on any atom is 0.308 e. The monoisotopic (exact) mass is 531 g/mol. The molecule has 1 aliphatic rings. The number of esters is 1. The van der Waals surface area contributed by atoms with Gasteiger partial charge in [-0.15, -0.1) is 0 Å². The number of nitrogens with one attached hydrogen (secondary N) is 1. The van der Waals surface area contributed by atoms with Gasteiger partial charge >= 0.3 is 5.97 Å². The van der Waals surface area contributed by atoms with Crippen LogP contribution in [0.4, 0.5) is 0 Å². The number of amides is 3. The van der Waals surface area contributed by atoms with Gasteiger partial charge in [-0.05, 0) is 26.2 Å². The highest BCUT2D eigenvalue weighted by atomic mass is 16.6. The fourth-order valence-electron chi connectivity index (χ4n) is 3.63. The van der Waals surface area contributed by atoms with Crippen molar-refractivity contribution in [2.24, 2.45) is 11.1 Å². The van der Waals surface area contributed by atoms with E-state index in [4.69, 9.17) is 24.7 Å². The number of nitrogens with zero attached hydrogens (tertiary/aromatic N) is 1. The Morgan fingerprint density at radius 2 is 1.43 bits per heavy atom. The molecule has 4 N–H and O–H groups in total. The van der Waals surface area contributed by atoms with Gasteiger partial charge in [0.05, 0.1) is 52.2 Å². The van der Waals surface area contributed by atoms with Gasteiger partial charge in [0.25, 0.3) is 0 Å². The molecule has 1 rings (SSSR count). The average molecular weight is 532 g/mol. The number of β-amino-alcohol motifs (C(OH)–C–C–N with tert-alkyl or cyclic N) is 1. The number of aliphatic hydroxyl groups excluding tert-OH is 1. The summed E-state index contributed by atoms with van der Waals surface area (Å²) < 4.78 is 21.3. The number of nitrogens with two attached hydrogens (primary N) is 1. The number of carbonyl (C=O) groups is 4. The molecule has 37 heavy (non-hydrogen) atoms. The van der Waals surface area contributed by atoms with Crippen molar-refractivity contribution in [1.82, 2.24) is 10.2 Å². The number of primary amides is 1. The fraction of sp³-hybridized carbons (Fsp3) is 0.840. The summed E-state index contributed by atoms with van der Waals surface area (Å²) in [5.41, 5.74) is 4.25. The normalized spacial score (nSPS) is 18.9. The summed E-state index contributed by atoms with van der Waals surface area (Å²) in [6.45, 7) is 12.5. The molecule has 0 aromatic rings. The van der Waals surface area contributed by atoms with E-state index in [0.29, 0.717) is 19.8 Å². The van der Waals surface area contributed by atoms with Gasteiger partial charge in [-0.25, -0.2) is 0 Å². The Balaban J connectivity index is 2.25. The lowest BCUT2D eigenvalue weighted by molar-refractivity contribution is -0.156. The number of likely N-dealkylation sites (tertiary alicyclic amines) is 1. The predicted molar refractivity (Wildman–Crippen MR) is 134 cm³/mol. The van der Waals surface area contributed by atoms with Crippen LogP contribution in [0.3, 0.4) is 0 Å². The summed E-state index contributed by atoms with van der Waals surface area (Å²) in [6.07, 6.45) is -0.539. The molecule has 0 aromatic carbocycles. The van der Waals surface area contributed by atoms with E-state index in [1.807, 2.05) is 20.8 Å². The third-order valence-electron chi connectivity index (χ3n) is 5.40. The van der Waals surface area contributed by atoms with Gasteiger partial charge in [-0.1, -0.05) is 20.8 Å². The smallest absolute Gasteiger partial charge is 0.308 e. The second-order valence-electron chi connectivity index (χ2n) is 11.1. The van der Waals surface area contributed by atoms with Crippen molar-refractivity contribution < 1.29 is 43.2 Å². The first-order chi connectivity index (χ1) is 17.1. The lowest BCUT2D eigenvalue weighted by atomic mass is 9.85. The van der Waals surface area contributed by atoms with Crippen molar-refractivity contribution in [2.75, 3.05) is 46.2 Å². The van der Waals surface area contributed by atoms with E-state index in [-0.39, 0.29) is 57.5 Å². The van der Waals surface area contributed by atoms with Crippen LogP contribution in [-0.2, 0) is 38.1 Å². The Labute approximate surface area is 219 Å². The van der Waals surface area contributed by atoms with Crippen LogP contribution in [0.5, 0.6) is 0 Å². The molecule has 214 valence electrons. The zero-order valence-corrected chi connectivity index (χ0v) is 23.0. The highest BCUT2D eigenvalue weighted by molar-refractivity contribution is 5.92. The van der Waals surface area contributed by atoms with Gasteiger partial charge in [0.2, 0.25) is 17.7 Å². The van der Waals surface area contributed by atoms with Crippen molar-refractivity contribution in [1.29, 1.82) is 0 Å². The molecule has 1 saturated heterocycles. The summed E-state index contributed by atoms with van der Waals surface area (Å²) in [4.78, 5) is 50.1. The minimum Gasteiger partial charge on any atom is -0.460 e. The van der Waals surface area contributed by atoms with Crippen molar-refractivity contribution in [3.63, 3.8) is 0 Å². The van der Waals surface area contributed by atoms with Gasteiger partial charge in [0.15, 0.2) is 0 Å². The lowest BCUT2D eigenvalue weighted by Gasteiger charge is -2.35. The van der Waals surface area contributed by atoms with Crippen LogP contribution < -0.4 is 11.1 Å². The van der Waals surface area contributed by atoms with E-state index in [0.717, 1.165) is 0 Å². The number of aliphatic hydroxyl groups is 1. The molecular weight excluding hydrogens is 486 g/mol.